The highest BCUT2D eigenvalue weighted by atomic mass is 32.1. The fraction of sp³-hybridized carbons (Fsp3) is 0.750. The molecule has 0 aromatic carbocycles. The number of nitrogens with one attached hydrogen (secondary N) is 4. The van der Waals surface area contributed by atoms with Crippen LogP contribution in [-0.2, 0) is 24.0 Å². The van der Waals surface area contributed by atoms with Gasteiger partial charge in [-0.25, -0.2) is 4.79 Å². The van der Waals surface area contributed by atoms with Crippen LogP contribution < -0.4 is 27.0 Å². The number of carbonyl (C=O) groups excluding carboxylic acids is 4. The number of thiol groups is 1. The highest BCUT2D eigenvalue weighted by Gasteiger charge is 2.35. The minimum atomic E-state index is -1.46. The summed E-state index contributed by atoms with van der Waals surface area (Å²) in [5.41, 5.74) is 3.14. The third-order valence-corrected chi connectivity index (χ3v) is 4.82. The van der Waals surface area contributed by atoms with E-state index in [1.54, 1.807) is 0 Å². The molecule has 0 bridgehead atoms. The Hall–Kier alpha value is -2.34. The van der Waals surface area contributed by atoms with E-state index in [0.29, 0.717) is 6.42 Å². The van der Waals surface area contributed by atoms with Crippen LogP contribution in [0.25, 0.3) is 0 Å². The first kappa shape index (κ1) is 29.7. The van der Waals surface area contributed by atoms with Crippen molar-refractivity contribution in [3.63, 3.8) is 0 Å². The van der Waals surface area contributed by atoms with Crippen LogP contribution in [0.5, 0.6) is 0 Å². The number of carboxylic acids is 1. The van der Waals surface area contributed by atoms with Gasteiger partial charge in [0.25, 0.3) is 0 Å². The number of aliphatic carboxylic acids is 1. The minimum absolute atomic E-state index is 0.0766. The molecule has 0 saturated heterocycles. The number of carbonyl (C=O) groups is 5. The Bertz CT molecular complexity index is 720. The monoisotopic (exact) mass is 475 g/mol. The summed E-state index contributed by atoms with van der Waals surface area (Å²) in [6.45, 7) is 11.0. The molecular formula is C20H37N5O6S. The molecule has 0 fully saturated rings. The van der Waals surface area contributed by atoms with Crippen LogP contribution in [0.2, 0.25) is 0 Å². The predicted molar refractivity (Wildman–Crippen MR) is 123 cm³/mol. The fourth-order valence-corrected chi connectivity index (χ4v) is 2.67. The highest BCUT2D eigenvalue weighted by molar-refractivity contribution is 7.80. The van der Waals surface area contributed by atoms with Gasteiger partial charge < -0.3 is 32.1 Å². The Labute approximate surface area is 194 Å². The van der Waals surface area contributed by atoms with Crippen LogP contribution in [-0.4, -0.2) is 69.7 Å². The lowest BCUT2D eigenvalue weighted by atomic mass is 10.00. The van der Waals surface area contributed by atoms with E-state index in [0.717, 1.165) is 0 Å². The Morgan fingerprint density at radius 2 is 1.38 bits per heavy atom. The first-order chi connectivity index (χ1) is 14.4. The zero-order valence-electron chi connectivity index (χ0n) is 19.7. The first-order valence-corrected chi connectivity index (χ1v) is 10.9. The summed E-state index contributed by atoms with van der Waals surface area (Å²) in [7, 11) is 0. The van der Waals surface area contributed by atoms with E-state index < -0.39 is 58.8 Å². The van der Waals surface area contributed by atoms with Crippen molar-refractivity contribution in [2.24, 2.45) is 11.7 Å². The van der Waals surface area contributed by atoms with E-state index in [9.17, 15) is 24.0 Å². The average molecular weight is 476 g/mol. The van der Waals surface area contributed by atoms with Crippen molar-refractivity contribution in [1.82, 2.24) is 21.3 Å². The van der Waals surface area contributed by atoms with Gasteiger partial charge in [-0.3, -0.25) is 19.2 Å². The molecule has 0 heterocycles. The second kappa shape index (κ2) is 12.0. The molecule has 3 atom stereocenters. The van der Waals surface area contributed by atoms with Crippen molar-refractivity contribution in [2.45, 2.75) is 84.1 Å². The van der Waals surface area contributed by atoms with E-state index in [1.807, 2.05) is 13.8 Å². The molecule has 0 aromatic heterocycles. The standard InChI is InChI=1S/C20H37N5O6S/c1-10(2)8-12(23-17(30)19(4,5)21)15(27)22-11(3)14(26)25-20(6,7)18(31)24-13(9-32)16(28)29/h10-13,32H,8-9,21H2,1-7H3,(H,22,27)(H,23,30)(H,24,31)(H,25,26)(H,28,29)/t11-,12-,13-/m0/s1. The summed E-state index contributed by atoms with van der Waals surface area (Å²) >= 11 is 3.88. The Morgan fingerprint density at radius 3 is 1.78 bits per heavy atom. The summed E-state index contributed by atoms with van der Waals surface area (Å²) in [4.78, 5) is 61.0. The summed E-state index contributed by atoms with van der Waals surface area (Å²) in [6, 6.07) is -3.15. The summed E-state index contributed by atoms with van der Waals surface area (Å²) < 4.78 is 0. The van der Waals surface area contributed by atoms with Gasteiger partial charge in [0.1, 0.15) is 23.7 Å². The zero-order chi connectivity index (χ0) is 25.4. The molecule has 184 valence electrons. The van der Waals surface area contributed by atoms with Crippen LogP contribution in [0.1, 0.15) is 54.9 Å². The molecule has 4 amide bonds. The molecule has 0 aliphatic heterocycles. The van der Waals surface area contributed by atoms with Crippen molar-refractivity contribution in [1.29, 1.82) is 0 Å². The van der Waals surface area contributed by atoms with Gasteiger partial charge in [-0.05, 0) is 47.0 Å². The second-order valence-corrected chi connectivity index (χ2v) is 9.63. The number of amides is 4. The van der Waals surface area contributed by atoms with Crippen molar-refractivity contribution in [3.8, 4) is 0 Å². The maximum Gasteiger partial charge on any atom is 0.327 e. The molecule has 0 aromatic rings. The Balaban J connectivity index is 5.18. The summed E-state index contributed by atoms with van der Waals surface area (Å²) in [5.74, 6) is -3.76. The van der Waals surface area contributed by atoms with Crippen molar-refractivity contribution in [2.75, 3.05) is 5.75 Å². The molecule has 12 heteroatoms. The molecule has 0 radical (unpaired) electrons. The first-order valence-electron chi connectivity index (χ1n) is 10.3. The maximum absolute atomic E-state index is 12.7. The lowest BCUT2D eigenvalue weighted by Gasteiger charge is -2.29. The molecule has 0 unspecified atom stereocenters. The van der Waals surface area contributed by atoms with Gasteiger partial charge >= 0.3 is 5.97 Å². The Kier molecular flexibility index (Phi) is 11.2. The number of rotatable bonds is 12. The Morgan fingerprint density at radius 1 is 0.875 bits per heavy atom. The van der Waals surface area contributed by atoms with E-state index in [-0.39, 0.29) is 11.7 Å². The smallest absolute Gasteiger partial charge is 0.327 e. The topological polar surface area (TPSA) is 180 Å². The van der Waals surface area contributed by atoms with Crippen LogP contribution in [0.15, 0.2) is 0 Å². The number of hydrogen-bond donors (Lipinski definition) is 7. The number of hydrogen-bond acceptors (Lipinski definition) is 7. The molecule has 7 N–H and O–H groups in total. The quantitative estimate of drug-likeness (QED) is 0.180. The second-order valence-electron chi connectivity index (χ2n) is 9.27. The molecule has 0 rings (SSSR count). The van der Waals surface area contributed by atoms with E-state index in [1.165, 1.54) is 34.6 Å². The van der Waals surface area contributed by atoms with Crippen molar-refractivity contribution < 1.29 is 29.1 Å². The average Bonchev–Trinajstić information content (AvgIpc) is 2.63. The van der Waals surface area contributed by atoms with Gasteiger partial charge in [0.2, 0.25) is 23.6 Å². The molecular weight excluding hydrogens is 438 g/mol. The third-order valence-electron chi connectivity index (χ3n) is 4.46. The molecule has 32 heavy (non-hydrogen) atoms. The minimum Gasteiger partial charge on any atom is -0.480 e. The summed E-state index contributed by atoms with van der Waals surface area (Å²) in [5, 5.41) is 19.0. The van der Waals surface area contributed by atoms with Gasteiger partial charge in [-0.2, -0.15) is 12.6 Å². The third kappa shape index (κ3) is 9.86. The molecule has 11 nitrogen and oxygen atoms in total. The van der Waals surface area contributed by atoms with Gasteiger partial charge in [-0.15, -0.1) is 0 Å². The van der Waals surface area contributed by atoms with Gasteiger partial charge in [0.15, 0.2) is 0 Å². The number of carboxylic acid groups (broad SMARTS) is 1. The van der Waals surface area contributed by atoms with E-state index in [2.05, 4.69) is 33.9 Å². The van der Waals surface area contributed by atoms with Crippen LogP contribution in [0.4, 0.5) is 0 Å². The van der Waals surface area contributed by atoms with Gasteiger partial charge in [-0.1, -0.05) is 13.8 Å². The van der Waals surface area contributed by atoms with Crippen molar-refractivity contribution in [3.05, 3.63) is 0 Å². The highest BCUT2D eigenvalue weighted by Crippen LogP contribution is 2.08. The van der Waals surface area contributed by atoms with Crippen LogP contribution in [0, 0.1) is 5.92 Å². The van der Waals surface area contributed by atoms with Crippen LogP contribution >= 0.6 is 12.6 Å². The SMILES string of the molecule is CC(C)C[C@H](NC(=O)C(C)(C)N)C(=O)N[C@@H](C)C(=O)NC(C)(C)C(=O)N[C@@H](CS)C(=O)O. The molecule has 0 saturated carbocycles. The normalized spacial score (nSPS) is 14.7. The zero-order valence-corrected chi connectivity index (χ0v) is 20.6. The fourth-order valence-electron chi connectivity index (χ4n) is 2.42. The lowest BCUT2D eigenvalue weighted by Crippen LogP contribution is -2.62. The lowest BCUT2D eigenvalue weighted by molar-refractivity contribution is -0.142. The van der Waals surface area contributed by atoms with E-state index in [4.69, 9.17) is 10.8 Å². The van der Waals surface area contributed by atoms with E-state index >= 15 is 0 Å². The maximum atomic E-state index is 12.7. The summed E-state index contributed by atoms with van der Waals surface area (Å²) in [6.07, 6.45) is 0.330. The largest absolute Gasteiger partial charge is 0.480 e. The van der Waals surface area contributed by atoms with Crippen LogP contribution in [0.3, 0.4) is 0 Å². The molecule has 0 aliphatic rings. The predicted octanol–water partition coefficient (Wildman–Crippen LogP) is -0.847. The number of nitrogens with two attached hydrogens (primary N) is 1. The molecule has 0 spiro atoms. The van der Waals surface area contributed by atoms with Gasteiger partial charge in [0.05, 0.1) is 5.54 Å². The van der Waals surface area contributed by atoms with Crippen molar-refractivity contribution >= 4 is 42.2 Å². The van der Waals surface area contributed by atoms with Gasteiger partial charge in [0, 0.05) is 5.75 Å². The molecule has 0 aliphatic carbocycles.